The van der Waals surface area contributed by atoms with Gasteiger partial charge in [0.2, 0.25) is 10.0 Å². The number of halogens is 2. The van der Waals surface area contributed by atoms with Crippen LogP contribution in [0.3, 0.4) is 0 Å². The number of benzene rings is 1. The summed E-state index contributed by atoms with van der Waals surface area (Å²) in [6.07, 6.45) is 1.04. The number of nitrogens with one attached hydrogen (secondary N) is 1. The number of carbonyl (C=O) groups is 1. The van der Waals surface area contributed by atoms with E-state index in [1.54, 1.807) is 0 Å². The number of hydrogen-bond acceptors (Lipinski definition) is 5. The topological polar surface area (TPSA) is 123 Å². The zero-order valence-corrected chi connectivity index (χ0v) is 14.7. The van der Waals surface area contributed by atoms with Crippen LogP contribution < -0.4 is 10.5 Å². The van der Waals surface area contributed by atoms with Crippen molar-refractivity contribution in [2.45, 2.75) is 4.90 Å². The Kier molecular flexibility index (Phi) is 5.78. The summed E-state index contributed by atoms with van der Waals surface area (Å²) in [4.78, 5) is 11.5. The second kappa shape index (κ2) is 6.61. The molecule has 0 spiro atoms. The molecule has 0 heterocycles. The summed E-state index contributed by atoms with van der Waals surface area (Å²) in [6.45, 7) is -0.101. The van der Waals surface area contributed by atoms with Crippen molar-refractivity contribution < 1.29 is 21.6 Å². The molecule has 0 bridgehead atoms. The van der Waals surface area contributed by atoms with Gasteiger partial charge in [-0.15, -0.1) is 0 Å². The Morgan fingerprint density at radius 2 is 1.90 bits per heavy atom. The molecule has 1 aromatic carbocycles. The van der Waals surface area contributed by atoms with E-state index in [9.17, 15) is 21.6 Å². The number of hydrogen-bond donors (Lipinski definition) is 2. The maximum absolute atomic E-state index is 11.9. The van der Waals surface area contributed by atoms with Crippen LogP contribution in [0.1, 0.15) is 10.4 Å². The van der Waals surface area contributed by atoms with Gasteiger partial charge < -0.3 is 5.32 Å². The van der Waals surface area contributed by atoms with Gasteiger partial charge in [-0.2, -0.15) is 0 Å². The van der Waals surface area contributed by atoms with Crippen molar-refractivity contribution in [1.82, 2.24) is 5.32 Å². The molecule has 1 amide bonds. The lowest BCUT2D eigenvalue weighted by Crippen LogP contribution is -2.29. The van der Waals surface area contributed by atoms with Gasteiger partial charge in [0.25, 0.3) is 5.91 Å². The number of carbonyl (C=O) groups excluding carboxylic acids is 1. The Balaban J connectivity index is 3.04. The maximum atomic E-state index is 11.9. The highest BCUT2D eigenvalue weighted by Crippen LogP contribution is 2.30. The Morgan fingerprint density at radius 3 is 2.38 bits per heavy atom. The lowest BCUT2D eigenvalue weighted by atomic mass is 10.2. The fourth-order valence-corrected chi connectivity index (χ4v) is 3.66. The van der Waals surface area contributed by atoms with E-state index in [2.05, 4.69) is 21.2 Å². The van der Waals surface area contributed by atoms with Crippen molar-refractivity contribution in [3.63, 3.8) is 0 Å². The van der Waals surface area contributed by atoms with E-state index in [4.69, 9.17) is 16.7 Å². The Bertz CT molecular complexity index is 777. The zero-order chi connectivity index (χ0) is 16.4. The van der Waals surface area contributed by atoms with Crippen LogP contribution >= 0.6 is 27.5 Å². The van der Waals surface area contributed by atoms with E-state index < -0.39 is 25.8 Å². The van der Waals surface area contributed by atoms with E-state index in [1.165, 1.54) is 6.07 Å². The van der Waals surface area contributed by atoms with Crippen LogP contribution in [-0.4, -0.2) is 41.3 Å². The van der Waals surface area contributed by atoms with Crippen molar-refractivity contribution in [1.29, 1.82) is 0 Å². The number of rotatable bonds is 5. The second-order valence-corrected chi connectivity index (χ2v) is 9.19. The van der Waals surface area contributed by atoms with Crippen LogP contribution in [0.25, 0.3) is 0 Å². The third-order valence-corrected chi connectivity index (χ3v) is 5.85. The van der Waals surface area contributed by atoms with Crippen LogP contribution in [0, 0.1) is 0 Å². The lowest BCUT2D eigenvalue weighted by molar-refractivity contribution is 0.0956. The number of nitrogens with two attached hydrogens (primary N) is 1. The minimum absolute atomic E-state index is 0.00483. The van der Waals surface area contributed by atoms with Gasteiger partial charge in [0.1, 0.15) is 9.84 Å². The van der Waals surface area contributed by atoms with Crippen LogP contribution in [-0.2, 0) is 19.9 Å². The van der Waals surface area contributed by atoms with Crippen LogP contribution in [0.4, 0.5) is 0 Å². The molecule has 0 radical (unpaired) electrons. The predicted octanol–water partition coefficient (Wildman–Crippen LogP) is 0.524. The van der Waals surface area contributed by atoms with Crippen molar-refractivity contribution in [2.75, 3.05) is 18.6 Å². The summed E-state index contributed by atoms with van der Waals surface area (Å²) in [5.41, 5.74) is -0.0410. The third-order valence-electron chi connectivity index (χ3n) is 2.32. The normalized spacial score (nSPS) is 12.2. The summed E-state index contributed by atoms with van der Waals surface area (Å²) < 4.78 is 44.8. The van der Waals surface area contributed by atoms with Gasteiger partial charge in [-0.25, -0.2) is 22.0 Å². The quantitative estimate of drug-likeness (QED) is 0.720. The summed E-state index contributed by atoms with van der Waals surface area (Å²) >= 11 is 8.81. The van der Waals surface area contributed by atoms with Crippen LogP contribution in [0.2, 0.25) is 5.02 Å². The molecular weight excluding hydrogens is 408 g/mol. The molecule has 0 saturated heterocycles. The van der Waals surface area contributed by atoms with Gasteiger partial charge in [-0.3, -0.25) is 4.79 Å². The first kappa shape index (κ1) is 18.4. The number of sulfone groups is 1. The van der Waals surface area contributed by atoms with Gasteiger partial charge in [0, 0.05) is 18.4 Å². The SMILES string of the molecule is CS(=O)(=O)CCNC(=O)c1cc(Cl)c(Br)c(S(N)(=O)=O)c1. The average molecular weight is 420 g/mol. The van der Waals surface area contributed by atoms with E-state index in [0.29, 0.717) is 0 Å². The van der Waals surface area contributed by atoms with Crippen LogP contribution in [0.5, 0.6) is 0 Å². The molecule has 0 unspecified atom stereocenters. The van der Waals surface area contributed by atoms with Gasteiger partial charge in [0.05, 0.1) is 20.1 Å². The van der Waals surface area contributed by atoms with Gasteiger partial charge in [-0.1, -0.05) is 11.6 Å². The van der Waals surface area contributed by atoms with Crippen molar-refractivity contribution in [3.05, 3.63) is 27.2 Å². The molecule has 1 rings (SSSR count). The highest BCUT2D eigenvalue weighted by molar-refractivity contribution is 9.10. The molecule has 0 fully saturated rings. The highest BCUT2D eigenvalue weighted by atomic mass is 79.9. The fraction of sp³-hybridized carbons (Fsp3) is 0.300. The van der Waals surface area contributed by atoms with Gasteiger partial charge >= 0.3 is 0 Å². The van der Waals surface area contributed by atoms with E-state index in [1.807, 2.05) is 0 Å². The summed E-state index contributed by atoms with van der Waals surface area (Å²) in [5.74, 6) is -0.886. The molecule has 0 aliphatic carbocycles. The van der Waals surface area contributed by atoms with Crippen molar-refractivity contribution in [2.24, 2.45) is 5.14 Å². The Hall–Kier alpha value is -0.680. The van der Waals surface area contributed by atoms with E-state index >= 15 is 0 Å². The second-order valence-electron chi connectivity index (χ2n) is 4.20. The first-order chi connectivity index (χ1) is 9.42. The average Bonchev–Trinajstić information content (AvgIpc) is 2.29. The molecular formula is C10H12BrClN2O5S2. The molecule has 0 atom stereocenters. The third kappa shape index (κ3) is 5.55. The molecule has 118 valence electrons. The number of amides is 1. The van der Waals surface area contributed by atoms with E-state index in [-0.39, 0.29) is 32.3 Å². The predicted molar refractivity (Wildman–Crippen MR) is 82.6 cm³/mol. The fourth-order valence-electron chi connectivity index (χ4n) is 1.35. The van der Waals surface area contributed by atoms with Crippen molar-refractivity contribution in [3.8, 4) is 0 Å². The summed E-state index contributed by atoms with van der Waals surface area (Å²) in [6, 6.07) is 2.30. The Labute approximate surface area is 135 Å². The molecule has 1 aromatic rings. The molecule has 7 nitrogen and oxygen atoms in total. The largest absolute Gasteiger partial charge is 0.351 e. The summed E-state index contributed by atoms with van der Waals surface area (Å²) in [7, 11) is -7.28. The molecule has 0 saturated carbocycles. The molecule has 0 aliphatic rings. The minimum Gasteiger partial charge on any atom is -0.351 e. The minimum atomic E-state index is -4.06. The molecule has 11 heteroatoms. The number of primary sulfonamides is 1. The smallest absolute Gasteiger partial charge is 0.251 e. The maximum Gasteiger partial charge on any atom is 0.251 e. The first-order valence-corrected chi connectivity index (χ1v) is 10.2. The first-order valence-electron chi connectivity index (χ1n) is 5.39. The standard InChI is InChI=1S/C10H12BrClN2O5S2/c1-20(16,17)3-2-14-10(15)6-4-7(12)9(11)8(5-6)21(13,18)19/h4-5H,2-3H2,1H3,(H,14,15)(H2,13,18,19). The van der Waals surface area contributed by atoms with E-state index in [0.717, 1.165) is 12.3 Å². The molecule has 21 heavy (non-hydrogen) atoms. The molecule has 0 aliphatic heterocycles. The lowest BCUT2D eigenvalue weighted by Gasteiger charge is -2.09. The van der Waals surface area contributed by atoms with Gasteiger partial charge in [-0.05, 0) is 28.1 Å². The Morgan fingerprint density at radius 1 is 1.33 bits per heavy atom. The zero-order valence-electron chi connectivity index (χ0n) is 10.8. The van der Waals surface area contributed by atoms with Gasteiger partial charge in [0.15, 0.2) is 0 Å². The number of sulfonamides is 1. The van der Waals surface area contributed by atoms with Crippen molar-refractivity contribution >= 4 is 53.3 Å². The van der Waals surface area contributed by atoms with Crippen LogP contribution in [0.15, 0.2) is 21.5 Å². The summed E-state index contributed by atoms with van der Waals surface area (Å²) in [5, 5.41) is 7.37. The monoisotopic (exact) mass is 418 g/mol. The highest BCUT2D eigenvalue weighted by Gasteiger charge is 2.19. The molecule has 3 N–H and O–H groups in total. The molecule has 0 aromatic heterocycles.